The van der Waals surface area contributed by atoms with E-state index < -0.39 is 5.91 Å². The second-order valence-corrected chi connectivity index (χ2v) is 5.60. The van der Waals surface area contributed by atoms with E-state index in [9.17, 15) is 4.79 Å². The predicted molar refractivity (Wildman–Crippen MR) is 90.9 cm³/mol. The Balaban J connectivity index is 1.67. The highest BCUT2D eigenvalue weighted by atomic mass is 16.4. The summed E-state index contributed by atoms with van der Waals surface area (Å²) >= 11 is 0. The molecule has 8 nitrogen and oxygen atoms in total. The predicted octanol–water partition coefficient (Wildman–Crippen LogP) is 2.58. The smallest absolute Gasteiger partial charge is 0.312 e. The molecular formula is C17H14N6O2. The van der Waals surface area contributed by atoms with Crippen molar-refractivity contribution in [2.75, 3.05) is 5.32 Å². The van der Waals surface area contributed by atoms with Gasteiger partial charge in [0.15, 0.2) is 0 Å². The summed E-state index contributed by atoms with van der Waals surface area (Å²) in [4.78, 5) is 29.1. The number of carbonyl (C=O) groups excluding carboxylic acids is 1. The standard InChI is InChI=1S/C17H14N6O2/c1-10-8-25-17(20-10)16(24)22-15-5-13-11(6-19-15)3-4-12(21-13)14-7-18-9-23(14)2/h3-9H,1-2H3,(H,19,22,24). The third-order valence-corrected chi connectivity index (χ3v) is 3.71. The summed E-state index contributed by atoms with van der Waals surface area (Å²) in [5.74, 6) is -0.0817. The molecule has 0 aliphatic heterocycles. The number of carbonyl (C=O) groups is 1. The van der Waals surface area contributed by atoms with Crippen molar-refractivity contribution in [3.8, 4) is 11.4 Å². The fourth-order valence-electron chi connectivity index (χ4n) is 2.46. The Morgan fingerprint density at radius 3 is 2.84 bits per heavy atom. The maximum atomic E-state index is 12.1. The number of aromatic nitrogens is 5. The minimum absolute atomic E-state index is 0.00371. The van der Waals surface area contributed by atoms with E-state index in [-0.39, 0.29) is 5.89 Å². The Labute approximate surface area is 142 Å². The van der Waals surface area contributed by atoms with Gasteiger partial charge >= 0.3 is 5.91 Å². The minimum atomic E-state index is -0.456. The van der Waals surface area contributed by atoms with Crippen LogP contribution in [0.25, 0.3) is 22.3 Å². The number of aryl methyl sites for hydroxylation is 2. The fraction of sp³-hybridized carbons (Fsp3) is 0.118. The second kappa shape index (κ2) is 5.82. The van der Waals surface area contributed by atoms with Gasteiger partial charge in [-0.05, 0) is 19.1 Å². The van der Waals surface area contributed by atoms with E-state index in [1.807, 2.05) is 23.7 Å². The van der Waals surface area contributed by atoms with E-state index in [0.29, 0.717) is 17.0 Å². The third kappa shape index (κ3) is 2.85. The molecule has 4 aromatic heterocycles. The number of imidazole rings is 1. The topological polar surface area (TPSA) is 98.7 Å². The quantitative estimate of drug-likeness (QED) is 0.618. The van der Waals surface area contributed by atoms with Crippen LogP contribution in [0, 0.1) is 6.92 Å². The molecule has 4 rings (SSSR count). The SMILES string of the molecule is Cc1coc(C(=O)Nc2cc3nc(-c4cncn4C)ccc3cn2)n1. The zero-order chi connectivity index (χ0) is 17.4. The summed E-state index contributed by atoms with van der Waals surface area (Å²) in [6, 6.07) is 5.55. The van der Waals surface area contributed by atoms with E-state index in [1.54, 1.807) is 31.7 Å². The van der Waals surface area contributed by atoms with E-state index in [0.717, 1.165) is 16.8 Å². The summed E-state index contributed by atoms with van der Waals surface area (Å²) in [6.45, 7) is 1.75. The zero-order valence-electron chi connectivity index (χ0n) is 13.6. The van der Waals surface area contributed by atoms with Gasteiger partial charge in [0, 0.05) is 24.7 Å². The van der Waals surface area contributed by atoms with Gasteiger partial charge in [0.05, 0.1) is 35.1 Å². The Morgan fingerprint density at radius 2 is 2.12 bits per heavy atom. The van der Waals surface area contributed by atoms with Crippen molar-refractivity contribution in [1.29, 1.82) is 0 Å². The number of hydrogen-bond acceptors (Lipinski definition) is 6. The van der Waals surface area contributed by atoms with Crippen LogP contribution in [0.4, 0.5) is 5.82 Å². The maximum absolute atomic E-state index is 12.1. The average Bonchev–Trinajstić information content (AvgIpc) is 3.22. The third-order valence-electron chi connectivity index (χ3n) is 3.71. The van der Waals surface area contributed by atoms with Gasteiger partial charge in [0.2, 0.25) is 0 Å². The van der Waals surface area contributed by atoms with Crippen LogP contribution in [0.2, 0.25) is 0 Å². The number of anilines is 1. The Hall–Kier alpha value is -3.55. The number of hydrogen-bond donors (Lipinski definition) is 1. The molecule has 0 aliphatic carbocycles. The molecule has 0 unspecified atom stereocenters. The van der Waals surface area contributed by atoms with E-state index >= 15 is 0 Å². The highest BCUT2D eigenvalue weighted by Gasteiger charge is 2.13. The summed E-state index contributed by atoms with van der Waals surface area (Å²) in [5, 5.41) is 3.54. The van der Waals surface area contributed by atoms with E-state index in [1.165, 1.54) is 6.26 Å². The molecule has 0 spiro atoms. The molecule has 0 fully saturated rings. The first-order chi connectivity index (χ1) is 12.1. The molecule has 0 atom stereocenters. The van der Waals surface area contributed by atoms with Crippen LogP contribution < -0.4 is 5.32 Å². The van der Waals surface area contributed by atoms with Gasteiger partial charge < -0.3 is 14.3 Å². The zero-order valence-corrected chi connectivity index (χ0v) is 13.6. The van der Waals surface area contributed by atoms with Crippen LogP contribution >= 0.6 is 0 Å². The van der Waals surface area contributed by atoms with Gasteiger partial charge in [-0.2, -0.15) is 0 Å². The molecule has 25 heavy (non-hydrogen) atoms. The molecule has 0 radical (unpaired) electrons. The molecule has 0 bridgehead atoms. The van der Waals surface area contributed by atoms with Crippen LogP contribution in [0.3, 0.4) is 0 Å². The van der Waals surface area contributed by atoms with Crippen molar-refractivity contribution in [2.45, 2.75) is 6.92 Å². The summed E-state index contributed by atoms with van der Waals surface area (Å²) in [7, 11) is 1.91. The number of nitrogens with one attached hydrogen (secondary N) is 1. The van der Waals surface area contributed by atoms with Crippen LogP contribution in [0.5, 0.6) is 0 Å². The molecule has 4 heterocycles. The number of pyridine rings is 2. The second-order valence-electron chi connectivity index (χ2n) is 5.60. The molecular weight excluding hydrogens is 320 g/mol. The highest BCUT2D eigenvalue weighted by Crippen LogP contribution is 2.21. The van der Waals surface area contributed by atoms with Gasteiger partial charge in [0.25, 0.3) is 5.89 Å². The van der Waals surface area contributed by atoms with Crippen molar-refractivity contribution >= 4 is 22.6 Å². The minimum Gasteiger partial charge on any atom is -0.441 e. The van der Waals surface area contributed by atoms with Gasteiger partial charge in [-0.25, -0.2) is 19.9 Å². The lowest BCUT2D eigenvalue weighted by Gasteiger charge is -2.06. The molecule has 0 saturated heterocycles. The first-order valence-corrected chi connectivity index (χ1v) is 7.57. The van der Waals surface area contributed by atoms with Gasteiger partial charge in [-0.1, -0.05) is 0 Å². The van der Waals surface area contributed by atoms with Crippen molar-refractivity contribution in [2.24, 2.45) is 7.05 Å². The number of oxazole rings is 1. The number of rotatable bonds is 3. The van der Waals surface area contributed by atoms with Gasteiger partial charge in [0.1, 0.15) is 12.1 Å². The molecule has 124 valence electrons. The Kier molecular flexibility index (Phi) is 3.50. The fourth-order valence-corrected chi connectivity index (χ4v) is 2.46. The van der Waals surface area contributed by atoms with Crippen molar-refractivity contribution in [3.05, 3.63) is 54.8 Å². The number of nitrogens with zero attached hydrogens (tertiary/aromatic N) is 5. The normalized spacial score (nSPS) is 11.0. The average molecular weight is 334 g/mol. The van der Waals surface area contributed by atoms with Crippen LogP contribution in [-0.2, 0) is 7.05 Å². The Bertz CT molecular complexity index is 1080. The summed E-state index contributed by atoms with van der Waals surface area (Å²) < 4.78 is 6.98. The van der Waals surface area contributed by atoms with Crippen LogP contribution in [0.15, 0.2) is 47.6 Å². The molecule has 0 saturated carbocycles. The highest BCUT2D eigenvalue weighted by molar-refractivity contribution is 6.01. The van der Waals surface area contributed by atoms with E-state index in [2.05, 4.69) is 25.3 Å². The molecule has 4 aromatic rings. The molecule has 8 heteroatoms. The number of fused-ring (bicyclic) bond motifs is 1. The molecule has 0 aromatic carbocycles. The van der Waals surface area contributed by atoms with Gasteiger partial charge in [-0.15, -0.1) is 0 Å². The monoisotopic (exact) mass is 334 g/mol. The first kappa shape index (κ1) is 15.0. The maximum Gasteiger partial charge on any atom is 0.312 e. The lowest BCUT2D eigenvalue weighted by Crippen LogP contribution is -2.13. The van der Waals surface area contributed by atoms with Crippen molar-refractivity contribution in [1.82, 2.24) is 24.5 Å². The molecule has 1 N–H and O–H groups in total. The van der Waals surface area contributed by atoms with Crippen molar-refractivity contribution in [3.63, 3.8) is 0 Å². The molecule has 0 aliphatic rings. The van der Waals surface area contributed by atoms with E-state index in [4.69, 9.17) is 4.42 Å². The Morgan fingerprint density at radius 1 is 1.24 bits per heavy atom. The molecule has 1 amide bonds. The summed E-state index contributed by atoms with van der Waals surface area (Å²) in [6.07, 6.45) is 6.55. The lowest BCUT2D eigenvalue weighted by atomic mass is 10.2. The first-order valence-electron chi connectivity index (χ1n) is 7.57. The lowest BCUT2D eigenvalue weighted by molar-refractivity contribution is 0.0990. The van der Waals surface area contributed by atoms with Gasteiger partial charge in [-0.3, -0.25) is 4.79 Å². The largest absolute Gasteiger partial charge is 0.441 e. The van der Waals surface area contributed by atoms with Crippen LogP contribution in [-0.4, -0.2) is 30.4 Å². The van der Waals surface area contributed by atoms with Crippen molar-refractivity contribution < 1.29 is 9.21 Å². The number of amides is 1. The summed E-state index contributed by atoms with van der Waals surface area (Å²) in [5.41, 5.74) is 3.05. The van der Waals surface area contributed by atoms with Crippen LogP contribution in [0.1, 0.15) is 16.4 Å².